The van der Waals surface area contributed by atoms with Gasteiger partial charge in [-0.3, -0.25) is 0 Å². The minimum absolute atomic E-state index is 1.06. The van der Waals surface area contributed by atoms with Crippen LogP contribution in [-0.4, -0.2) is 0 Å². The lowest BCUT2D eigenvalue weighted by atomic mass is 9.84. The summed E-state index contributed by atoms with van der Waals surface area (Å²) in [5.41, 5.74) is 19.7. The molecule has 0 heterocycles. The number of benzene rings is 12. The predicted octanol–water partition coefficient (Wildman–Crippen LogP) is 19.1. The molecule has 12 aromatic rings. The number of nitrogens with zero attached hydrogens (tertiary/aromatic N) is 1. The van der Waals surface area contributed by atoms with Gasteiger partial charge in [-0.05, 0) is 95.4 Å². The van der Waals surface area contributed by atoms with Gasteiger partial charge in [0.25, 0.3) is 0 Å². The summed E-state index contributed by atoms with van der Waals surface area (Å²) >= 11 is 0. The number of para-hydroxylation sites is 2. The molecule has 0 N–H and O–H groups in total. The molecule has 0 saturated carbocycles. The van der Waals surface area contributed by atoms with E-state index in [1.807, 2.05) is 0 Å². The molecule has 0 aromatic heterocycles. The van der Waals surface area contributed by atoms with Gasteiger partial charge in [0, 0.05) is 27.9 Å². The van der Waals surface area contributed by atoms with Crippen molar-refractivity contribution in [2.24, 2.45) is 0 Å². The summed E-state index contributed by atoms with van der Waals surface area (Å²) in [6, 6.07) is 104. The van der Waals surface area contributed by atoms with Crippen LogP contribution in [-0.2, 0) is 0 Å². The van der Waals surface area contributed by atoms with Crippen molar-refractivity contribution in [3.8, 4) is 77.9 Å². The Kier molecular flexibility index (Phi) is 11.0. The van der Waals surface area contributed by atoms with Gasteiger partial charge in [0.15, 0.2) is 0 Å². The van der Waals surface area contributed by atoms with Crippen LogP contribution in [0.15, 0.2) is 285 Å². The Balaban J connectivity index is 1.12. The first-order chi connectivity index (χ1) is 34.3. The molecule has 0 unspecified atom stereocenters. The molecule has 69 heavy (non-hydrogen) atoms. The van der Waals surface area contributed by atoms with Gasteiger partial charge in [0.1, 0.15) is 0 Å². The van der Waals surface area contributed by atoms with Crippen molar-refractivity contribution in [2.45, 2.75) is 0 Å². The predicted molar refractivity (Wildman–Crippen MR) is 294 cm³/mol. The molecule has 324 valence electrons. The van der Waals surface area contributed by atoms with E-state index in [0.717, 1.165) is 72.7 Å². The number of rotatable bonds is 10. The summed E-state index contributed by atoms with van der Waals surface area (Å²) in [6.07, 6.45) is 0. The molecule has 0 radical (unpaired) electrons. The second kappa shape index (κ2) is 18.3. The van der Waals surface area contributed by atoms with Crippen molar-refractivity contribution >= 4 is 38.6 Å². The van der Waals surface area contributed by atoms with E-state index in [1.165, 1.54) is 43.8 Å². The van der Waals surface area contributed by atoms with E-state index in [0.29, 0.717) is 0 Å². The molecule has 1 heteroatoms. The fourth-order valence-electron chi connectivity index (χ4n) is 10.3. The van der Waals surface area contributed by atoms with E-state index in [2.05, 4.69) is 290 Å². The maximum atomic E-state index is 2.53. The van der Waals surface area contributed by atoms with Gasteiger partial charge in [-0.1, -0.05) is 267 Å². The topological polar surface area (TPSA) is 3.24 Å². The van der Waals surface area contributed by atoms with Gasteiger partial charge >= 0.3 is 0 Å². The highest BCUT2D eigenvalue weighted by atomic mass is 15.2. The highest BCUT2D eigenvalue weighted by molar-refractivity contribution is 6.22. The second-order valence-electron chi connectivity index (χ2n) is 17.5. The number of hydrogen-bond donors (Lipinski definition) is 0. The summed E-state index contributed by atoms with van der Waals surface area (Å²) < 4.78 is 0. The fraction of sp³-hybridized carbons (Fsp3) is 0. The third-order valence-electron chi connectivity index (χ3n) is 13.5. The first-order valence-corrected chi connectivity index (χ1v) is 23.8. The Labute approximate surface area is 404 Å². The van der Waals surface area contributed by atoms with Crippen LogP contribution in [0.1, 0.15) is 0 Å². The molecule has 12 rings (SSSR count). The maximum Gasteiger partial charge on any atom is 0.0618 e. The average Bonchev–Trinajstić information content (AvgIpc) is 3.44. The molecule has 0 aliphatic rings. The lowest BCUT2D eigenvalue weighted by molar-refractivity contribution is 1.28. The molecule has 0 atom stereocenters. The standard InChI is InChI=1S/C68H47N/c1-7-23-49(24-8-1)57-37-21-38-58(50-25-9-2-10-26-50)67(57)69(68-59(51-27-11-3-12-28-51)39-22-40-60(68)52-29-13-4-14-30-52)56-44-41-48(42-45-56)55-43-46-62-61-35-19-20-36-63(61)65(53-31-15-5-16-32-53)66(64(62)47-55)54-33-17-6-18-34-54/h1-47H. The van der Waals surface area contributed by atoms with Crippen molar-refractivity contribution in [3.05, 3.63) is 285 Å². The van der Waals surface area contributed by atoms with Gasteiger partial charge in [0.2, 0.25) is 0 Å². The summed E-state index contributed by atoms with van der Waals surface area (Å²) in [5.74, 6) is 0. The van der Waals surface area contributed by atoms with Crippen molar-refractivity contribution in [1.82, 2.24) is 0 Å². The Morgan fingerprint density at radius 3 is 0.913 bits per heavy atom. The molecule has 0 aliphatic carbocycles. The number of hydrogen-bond acceptors (Lipinski definition) is 1. The fourth-order valence-corrected chi connectivity index (χ4v) is 10.3. The quantitative estimate of drug-likeness (QED) is 0.124. The zero-order valence-electron chi connectivity index (χ0n) is 38.1. The first-order valence-electron chi connectivity index (χ1n) is 23.8. The number of anilines is 3. The van der Waals surface area contributed by atoms with E-state index < -0.39 is 0 Å². The Hall–Kier alpha value is -9.04. The van der Waals surface area contributed by atoms with Crippen LogP contribution in [0, 0.1) is 0 Å². The largest absolute Gasteiger partial charge is 0.308 e. The highest BCUT2D eigenvalue weighted by Gasteiger charge is 2.27. The van der Waals surface area contributed by atoms with Crippen LogP contribution in [0.3, 0.4) is 0 Å². The second-order valence-corrected chi connectivity index (χ2v) is 17.5. The van der Waals surface area contributed by atoms with Crippen LogP contribution >= 0.6 is 0 Å². The SMILES string of the molecule is c1ccc(-c2cccc(-c3ccccc3)c2N(c2ccc(-c3ccc4c(c3)c(-c3ccccc3)c(-c3ccccc3)c3ccccc34)cc2)c2c(-c3ccccc3)cccc2-c2ccccc2)cc1. The monoisotopic (exact) mass is 877 g/mol. The molecule has 1 nitrogen and oxygen atoms in total. The smallest absolute Gasteiger partial charge is 0.0618 e. The van der Waals surface area contributed by atoms with E-state index in [9.17, 15) is 0 Å². The van der Waals surface area contributed by atoms with Gasteiger partial charge in [-0.2, -0.15) is 0 Å². The Morgan fingerprint density at radius 1 is 0.188 bits per heavy atom. The van der Waals surface area contributed by atoms with E-state index >= 15 is 0 Å². The molecule has 0 spiro atoms. The van der Waals surface area contributed by atoms with E-state index in [1.54, 1.807) is 0 Å². The molecule has 0 fully saturated rings. The maximum absolute atomic E-state index is 2.53. The van der Waals surface area contributed by atoms with Gasteiger partial charge in [-0.15, -0.1) is 0 Å². The lowest BCUT2D eigenvalue weighted by Crippen LogP contribution is -2.15. The summed E-state index contributed by atoms with van der Waals surface area (Å²) in [4.78, 5) is 2.53. The lowest BCUT2D eigenvalue weighted by Gasteiger charge is -2.34. The molecule has 0 aliphatic heterocycles. The van der Waals surface area contributed by atoms with Gasteiger partial charge in [0.05, 0.1) is 11.4 Å². The van der Waals surface area contributed by atoms with Crippen molar-refractivity contribution in [1.29, 1.82) is 0 Å². The first kappa shape index (κ1) is 41.4. The van der Waals surface area contributed by atoms with E-state index in [-0.39, 0.29) is 0 Å². The van der Waals surface area contributed by atoms with Crippen molar-refractivity contribution < 1.29 is 0 Å². The molecule has 0 amide bonds. The van der Waals surface area contributed by atoms with Crippen LogP contribution in [0.5, 0.6) is 0 Å². The molecular weight excluding hydrogens is 831 g/mol. The third kappa shape index (κ3) is 7.76. The zero-order valence-corrected chi connectivity index (χ0v) is 38.1. The Morgan fingerprint density at radius 2 is 0.507 bits per heavy atom. The van der Waals surface area contributed by atoms with Crippen LogP contribution in [0.25, 0.3) is 99.4 Å². The van der Waals surface area contributed by atoms with Crippen molar-refractivity contribution in [2.75, 3.05) is 4.90 Å². The normalized spacial score (nSPS) is 11.2. The minimum Gasteiger partial charge on any atom is -0.308 e. The van der Waals surface area contributed by atoms with E-state index in [4.69, 9.17) is 0 Å². The summed E-state index contributed by atoms with van der Waals surface area (Å²) in [7, 11) is 0. The zero-order chi connectivity index (χ0) is 45.9. The van der Waals surface area contributed by atoms with Crippen molar-refractivity contribution in [3.63, 3.8) is 0 Å². The Bertz CT molecular complexity index is 3480. The highest BCUT2D eigenvalue weighted by Crippen LogP contribution is 2.53. The number of fused-ring (bicyclic) bond motifs is 3. The molecular formula is C68H47N. The van der Waals surface area contributed by atoms with Gasteiger partial charge in [-0.25, -0.2) is 0 Å². The van der Waals surface area contributed by atoms with Gasteiger partial charge < -0.3 is 4.90 Å². The minimum atomic E-state index is 1.06. The molecule has 0 saturated heterocycles. The molecule has 12 aromatic carbocycles. The van der Waals surface area contributed by atoms with Crippen LogP contribution in [0.2, 0.25) is 0 Å². The van der Waals surface area contributed by atoms with Crippen LogP contribution < -0.4 is 4.90 Å². The summed E-state index contributed by atoms with van der Waals surface area (Å²) in [5, 5.41) is 4.98. The van der Waals surface area contributed by atoms with Crippen LogP contribution in [0.4, 0.5) is 17.1 Å². The molecule has 0 bridgehead atoms. The summed E-state index contributed by atoms with van der Waals surface area (Å²) in [6.45, 7) is 0. The third-order valence-corrected chi connectivity index (χ3v) is 13.5. The average molecular weight is 878 g/mol.